The summed E-state index contributed by atoms with van der Waals surface area (Å²) in [6.07, 6.45) is 1.76. The Labute approximate surface area is 79.4 Å². The molecular weight excluding hydrogens is 196 g/mol. The molecule has 0 aromatic carbocycles. The van der Waals surface area contributed by atoms with Crippen LogP contribution in [0.15, 0.2) is 11.6 Å². The van der Waals surface area contributed by atoms with E-state index in [1.165, 1.54) is 0 Å². The predicted octanol–water partition coefficient (Wildman–Crippen LogP) is 2.59. The first kappa shape index (κ1) is 8.96. The van der Waals surface area contributed by atoms with E-state index in [1.807, 2.05) is 5.38 Å². The van der Waals surface area contributed by atoms with Crippen LogP contribution >= 0.6 is 35.3 Å². The van der Waals surface area contributed by atoms with Crippen molar-refractivity contribution in [1.29, 1.82) is 0 Å². The minimum Gasteiger partial charge on any atom is -0.317 e. The number of nitrogens with zero attached hydrogens (tertiary/aromatic N) is 1. The summed E-state index contributed by atoms with van der Waals surface area (Å²) in [4.78, 5) is 4.05. The van der Waals surface area contributed by atoms with Crippen molar-refractivity contribution < 1.29 is 0 Å². The van der Waals surface area contributed by atoms with Gasteiger partial charge in [-0.15, -0.1) is 11.3 Å². The van der Waals surface area contributed by atoms with Gasteiger partial charge in [0.05, 0.1) is 0 Å². The Bertz CT molecular complexity index is 220. The molecular formula is C6H8N2S3. The molecule has 1 N–H and O–H groups in total. The highest BCUT2D eigenvalue weighted by Crippen LogP contribution is 2.13. The summed E-state index contributed by atoms with van der Waals surface area (Å²) >= 11 is 8.19. The molecule has 0 bridgehead atoms. The molecule has 0 unspecified atom stereocenters. The standard InChI is InChI=1S/C6H8N2S3/c1-2-10-6(9)8-5-7-3-4-11-5/h3-4H,2H2,1H3,(H,7,8,9). The smallest absolute Gasteiger partial charge is 0.188 e. The third-order valence-corrected chi connectivity index (χ3v) is 2.71. The van der Waals surface area contributed by atoms with Gasteiger partial charge in [0.2, 0.25) is 0 Å². The number of hydrogen-bond acceptors (Lipinski definition) is 4. The molecule has 2 nitrogen and oxygen atoms in total. The molecule has 1 aromatic heterocycles. The van der Waals surface area contributed by atoms with Gasteiger partial charge in [-0.05, 0) is 5.75 Å². The number of nitrogens with one attached hydrogen (secondary N) is 1. The van der Waals surface area contributed by atoms with Gasteiger partial charge in [-0.2, -0.15) is 0 Å². The van der Waals surface area contributed by atoms with Gasteiger partial charge >= 0.3 is 0 Å². The summed E-state index contributed by atoms with van der Waals surface area (Å²) in [5, 5.41) is 5.81. The van der Waals surface area contributed by atoms with E-state index in [1.54, 1.807) is 29.3 Å². The van der Waals surface area contributed by atoms with Crippen molar-refractivity contribution >= 4 is 44.8 Å². The second-order valence-corrected chi connectivity index (χ2v) is 4.52. The fourth-order valence-corrected chi connectivity index (χ4v) is 2.08. The summed E-state index contributed by atoms with van der Waals surface area (Å²) in [6, 6.07) is 0. The fourth-order valence-electron chi connectivity index (χ4n) is 0.540. The molecule has 60 valence electrons. The minimum atomic E-state index is 0.794. The predicted molar refractivity (Wildman–Crippen MR) is 56.5 cm³/mol. The molecule has 0 atom stereocenters. The molecule has 11 heavy (non-hydrogen) atoms. The van der Waals surface area contributed by atoms with Gasteiger partial charge in [-0.1, -0.05) is 30.9 Å². The maximum absolute atomic E-state index is 5.02. The van der Waals surface area contributed by atoms with Crippen LogP contribution in [0.1, 0.15) is 6.92 Å². The molecule has 0 aliphatic heterocycles. The number of rotatable bonds is 2. The quantitative estimate of drug-likeness (QED) is 0.749. The van der Waals surface area contributed by atoms with Gasteiger partial charge in [0.25, 0.3) is 0 Å². The lowest BCUT2D eigenvalue weighted by atomic mass is 11.0. The van der Waals surface area contributed by atoms with Gasteiger partial charge in [0, 0.05) is 11.6 Å². The molecule has 0 amide bonds. The SMILES string of the molecule is CCSC(=S)Nc1nccs1. The molecule has 5 heteroatoms. The van der Waals surface area contributed by atoms with Crippen LogP contribution in [-0.2, 0) is 0 Å². The molecule has 0 spiro atoms. The van der Waals surface area contributed by atoms with Crippen molar-refractivity contribution in [2.45, 2.75) is 6.92 Å². The topological polar surface area (TPSA) is 24.9 Å². The highest BCUT2D eigenvalue weighted by Gasteiger charge is 1.97. The van der Waals surface area contributed by atoms with Gasteiger partial charge in [-0.25, -0.2) is 4.98 Å². The third kappa shape index (κ3) is 3.18. The molecule has 0 saturated heterocycles. The molecule has 1 rings (SSSR count). The zero-order valence-corrected chi connectivity index (χ0v) is 8.48. The van der Waals surface area contributed by atoms with Crippen molar-refractivity contribution in [3.8, 4) is 0 Å². The average Bonchev–Trinajstić information content (AvgIpc) is 2.40. The van der Waals surface area contributed by atoms with Gasteiger partial charge in [0.1, 0.15) is 4.32 Å². The maximum Gasteiger partial charge on any atom is 0.188 e. The zero-order chi connectivity index (χ0) is 8.10. The van der Waals surface area contributed by atoms with Crippen LogP contribution in [-0.4, -0.2) is 15.1 Å². The van der Waals surface area contributed by atoms with E-state index in [0.29, 0.717) is 0 Å². The lowest BCUT2D eigenvalue weighted by molar-refractivity contribution is 1.42. The number of hydrogen-bond donors (Lipinski definition) is 1. The van der Waals surface area contributed by atoms with E-state index in [4.69, 9.17) is 12.2 Å². The highest BCUT2D eigenvalue weighted by atomic mass is 32.2. The first-order valence-electron chi connectivity index (χ1n) is 3.16. The van der Waals surface area contributed by atoms with E-state index in [0.717, 1.165) is 15.2 Å². The van der Waals surface area contributed by atoms with Crippen LogP contribution < -0.4 is 5.32 Å². The van der Waals surface area contributed by atoms with Crippen LogP contribution in [0, 0.1) is 0 Å². The molecule has 0 fully saturated rings. The Morgan fingerprint density at radius 3 is 3.27 bits per heavy atom. The number of thiocarbonyl (C=S) groups is 1. The van der Waals surface area contributed by atoms with Gasteiger partial charge < -0.3 is 5.32 Å². The van der Waals surface area contributed by atoms with Crippen LogP contribution in [0.3, 0.4) is 0 Å². The average molecular weight is 204 g/mol. The van der Waals surface area contributed by atoms with E-state index < -0.39 is 0 Å². The highest BCUT2D eigenvalue weighted by molar-refractivity contribution is 8.23. The number of thiazole rings is 1. The first-order valence-corrected chi connectivity index (χ1v) is 5.43. The maximum atomic E-state index is 5.02. The van der Waals surface area contributed by atoms with Gasteiger partial charge in [0.15, 0.2) is 5.13 Å². The van der Waals surface area contributed by atoms with Crippen LogP contribution in [0.4, 0.5) is 5.13 Å². The number of aromatic nitrogens is 1. The lowest BCUT2D eigenvalue weighted by Crippen LogP contribution is -2.03. The Kier molecular flexibility index (Phi) is 3.82. The Morgan fingerprint density at radius 2 is 2.73 bits per heavy atom. The number of thioether (sulfide) groups is 1. The van der Waals surface area contributed by atoms with E-state index >= 15 is 0 Å². The van der Waals surface area contributed by atoms with E-state index in [-0.39, 0.29) is 0 Å². The summed E-state index contributed by atoms with van der Waals surface area (Å²) in [5.74, 6) is 0.997. The van der Waals surface area contributed by atoms with E-state index in [2.05, 4.69) is 17.2 Å². The summed E-state index contributed by atoms with van der Waals surface area (Å²) in [6.45, 7) is 2.07. The monoisotopic (exact) mass is 204 g/mol. The summed E-state index contributed by atoms with van der Waals surface area (Å²) < 4.78 is 0.794. The summed E-state index contributed by atoms with van der Waals surface area (Å²) in [5.41, 5.74) is 0. The Hall–Kier alpha value is -0.130. The van der Waals surface area contributed by atoms with Crippen LogP contribution in [0.2, 0.25) is 0 Å². The Morgan fingerprint density at radius 1 is 1.91 bits per heavy atom. The van der Waals surface area contributed by atoms with Crippen molar-refractivity contribution in [3.05, 3.63) is 11.6 Å². The third-order valence-electron chi connectivity index (χ3n) is 0.917. The van der Waals surface area contributed by atoms with E-state index in [9.17, 15) is 0 Å². The van der Waals surface area contributed by atoms with Crippen molar-refractivity contribution in [3.63, 3.8) is 0 Å². The molecule has 0 radical (unpaired) electrons. The second-order valence-electron chi connectivity index (χ2n) is 1.68. The first-order chi connectivity index (χ1) is 5.33. The largest absolute Gasteiger partial charge is 0.317 e. The lowest BCUT2D eigenvalue weighted by Gasteiger charge is -2.00. The zero-order valence-electron chi connectivity index (χ0n) is 6.03. The molecule has 1 aromatic rings. The summed E-state index contributed by atoms with van der Waals surface area (Å²) in [7, 11) is 0. The van der Waals surface area contributed by atoms with Crippen molar-refractivity contribution in [2.75, 3.05) is 11.1 Å². The van der Waals surface area contributed by atoms with Crippen molar-refractivity contribution in [2.24, 2.45) is 0 Å². The minimum absolute atomic E-state index is 0.794. The second kappa shape index (κ2) is 4.69. The fraction of sp³-hybridized carbons (Fsp3) is 0.333. The molecule has 0 saturated carbocycles. The Balaban J connectivity index is 2.37. The van der Waals surface area contributed by atoms with Gasteiger partial charge in [-0.3, -0.25) is 0 Å². The van der Waals surface area contributed by atoms with Crippen molar-refractivity contribution in [1.82, 2.24) is 4.98 Å². The molecule has 0 aliphatic rings. The van der Waals surface area contributed by atoms with Crippen LogP contribution in [0.5, 0.6) is 0 Å². The number of anilines is 1. The van der Waals surface area contributed by atoms with Crippen LogP contribution in [0.25, 0.3) is 0 Å². The normalized spacial score (nSPS) is 9.55. The molecule has 1 heterocycles. The molecule has 0 aliphatic carbocycles.